The molecule has 2 aromatic rings. The van der Waals surface area contributed by atoms with Crippen LogP contribution >= 0.6 is 61.4 Å². The summed E-state index contributed by atoms with van der Waals surface area (Å²) in [6, 6.07) is 10.7. The van der Waals surface area contributed by atoms with Crippen molar-refractivity contribution in [2.24, 2.45) is 0 Å². The number of carbonyl (C=O) groups excluding carboxylic acids is 2. The first kappa shape index (κ1) is 16.0. The Labute approximate surface area is 162 Å². The standard InChI is InChI=1S/C14H7BrI2N2O3/c15-12-6-5-10(22-12)7-11-13(20)18(19(17)14(11)21)9-3-1-8(16)2-4-9/h1-7H. The number of rotatable bonds is 2. The van der Waals surface area contributed by atoms with Crippen molar-refractivity contribution in [2.75, 3.05) is 5.01 Å². The van der Waals surface area contributed by atoms with Gasteiger partial charge in [-0.05, 0) is 81.0 Å². The van der Waals surface area contributed by atoms with E-state index in [0.717, 1.165) is 3.57 Å². The predicted molar refractivity (Wildman–Crippen MR) is 102 cm³/mol. The summed E-state index contributed by atoms with van der Waals surface area (Å²) in [7, 11) is 0. The highest BCUT2D eigenvalue weighted by atomic mass is 127. The number of benzene rings is 1. The lowest BCUT2D eigenvalue weighted by molar-refractivity contribution is -0.119. The lowest BCUT2D eigenvalue weighted by Gasteiger charge is -2.20. The lowest BCUT2D eigenvalue weighted by Crippen LogP contribution is -2.33. The molecule has 0 atom stereocenters. The van der Waals surface area contributed by atoms with Gasteiger partial charge >= 0.3 is 0 Å². The van der Waals surface area contributed by atoms with Gasteiger partial charge < -0.3 is 4.42 Å². The summed E-state index contributed by atoms with van der Waals surface area (Å²) in [6.45, 7) is 0. The van der Waals surface area contributed by atoms with Gasteiger partial charge in [0.1, 0.15) is 11.3 Å². The second kappa shape index (κ2) is 6.32. The first-order valence-electron chi connectivity index (χ1n) is 6.04. The fourth-order valence-corrected chi connectivity index (χ4v) is 3.33. The third kappa shape index (κ3) is 2.95. The average molecular weight is 585 g/mol. The van der Waals surface area contributed by atoms with Crippen LogP contribution in [0.5, 0.6) is 0 Å². The van der Waals surface area contributed by atoms with E-state index in [1.54, 1.807) is 24.3 Å². The lowest BCUT2D eigenvalue weighted by atomic mass is 10.2. The number of halogens is 3. The molecule has 0 bridgehead atoms. The Morgan fingerprint density at radius 2 is 1.73 bits per heavy atom. The van der Waals surface area contributed by atoms with Gasteiger partial charge in [-0.15, -0.1) is 0 Å². The topological polar surface area (TPSA) is 53.8 Å². The van der Waals surface area contributed by atoms with E-state index in [1.807, 2.05) is 35.0 Å². The molecule has 0 saturated carbocycles. The maximum absolute atomic E-state index is 12.6. The molecule has 0 N–H and O–H groups in total. The molecular weight excluding hydrogens is 578 g/mol. The molecule has 1 aromatic carbocycles. The van der Waals surface area contributed by atoms with Crippen molar-refractivity contribution < 1.29 is 14.0 Å². The maximum Gasteiger partial charge on any atom is 0.287 e. The van der Waals surface area contributed by atoms with Crippen molar-refractivity contribution in [2.45, 2.75) is 0 Å². The van der Waals surface area contributed by atoms with Crippen molar-refractivity contribution in [3.63, 3.8) is 0 Å². The summed E-state index contributed by atoms with van der Waals surface area (Å²) in [5.74, 6) is -0.317. The predicted octanol–water partition coefficient (Wildman–Crippen LogP) is 4.17. The molecule has 0 radical (unpaired) electrons. The van der Waals surface area contributed by atoms with Crippen molar-refractivity contribution >= 4 is 85.0 Å². The van der Waals surface area contributed by atoms with Crippen LogP contribution < -0.4 is 5.01 Å². The van der Waals surface area contributed by atoms with E-state index < -0.39 is 0 Å². The van der Waals surface area contributed by atoms with Crippen molar-refractivity contribution in [3.05, 3.63) is 56.0 Å². The summed E-state index contributed by atoms with van der Waals surface area (Å²) >= 11 is 7.19. The molecule has 22 heavy (non-hydrogen) atoms. The Balaban J connectivity index is 1.98. The van der Waals surface area contributed by atoms with Gasteiger partial charge in [0, 0.05) is 3.57 Å². The zero-order valence-electron chi connectivity index (χ0n) is 10.8. The first-order valence-corrected chi connectivity index (χ1v) is 8.88. The van der Waals surface area contributed by atoms with E-state index in [2.05, 4.69) is 38.5 Å². The number of furan rings is 1. The summed E-state index contributed by atoms with van der Waals surface area (Å²) in [4.78, 5) is 24.9. The van der Waals surface area contributed by atoms with Gasteiger partial charge in [-0.25, -0.2) is 5.01 Å². The van der Waals surface area contributed by atoms with E-state index in [4.69, 9.17) is 4.42 Å². The molecule has 1 aromatic heterocycles. The molecule has 8 heteroatoms. The number of anilines is 1. The van der Waals surface area contributed by atoms with Crippen molar-refractivity contribution in [1.29, 1.82) is 0 Å². The van der Waals surface area contributed by atoms with Gasteiger partial charge in [0.05, 0.1) is 28.6 Å². The zero-order chi connectivity index (χ0) is 15.9. The Kier molecular flexibility index (Phi) is 4.59. The molecule has 1 aliphatic heterocycles. The van der Waals surface area contributed by atoms with Crippen molar-refractivity contribution in [3.8, 4) is 0 Å². The Hall–Kier alpha value is -0.880. The van der Waals surface area contributed by atoms with Crippen LogP contribution in [0.2, 0.25) is 0 Å². The van der Waals surface area contributed by atoms with Gasteiger partial charge in [0.15, 0.2) is 4.67 Å². The first-order chi connectivity index (χ1) is 10.5. The summed E-state index contributed by atoms with van der Waals surface area (Å²) in [6.07, 6.45) is 1.45. The molecule has 0 spiro atoms. The van der Waals surface area contributed by atoms with E-state index in [1.165, 1.54) is 14.3 Å². The van der Waals surface area contributed by atoms with Gasteiger partial charge in [0.2, 0.25) is 0 Å². The molecule has 5 nitrogen and oxygen atoms in total. The highest BCUT2D eigenvalue weighted by molar-refractivity contribution is 14.1. The summed E-state index contributed by atoms with van der Waals surface area (Å²) in [5.41, 5.74) is 0.701. The largest absolute Gasteiger partial charge is 0.450 e. The Morgan fingerprint density at radius 3 is 2.32 bits per heavy atom. The third-order valence-electron chi connectivity index (χ3n) is 2.95. The van der Waals surface area contributed by atoms with Crippen LogP contribution in [0.25, 0.3) is 6.08 Å². The minimum Gasteiger partial charge on any atom is -0.450 e. The van der Waals surface area contributed by atoms with Crippen LogP contribution in [0.15, 0.2) is 51.1 Å². The van der Waals surface area contributed by atoms with E-state index in [9.17, 15) is 9.59 Å². The number of carbonyl (C=O) groups is 2. The molecule has 0 unspecified atom stereocenters. The number of nitrogens with zero attached hydrogens (tertiary/aromatic N) is 2. The molecule has 1 saturated heterocycles. The normalized spacial score (nSPS) is 17.0. The second-order valence-corrected chi connectivity index (χ2v) is 7.30. The van der Waals surface area contributed by atoms with Crippen LogP contribution in [0.3, 0.4) is 0 Å². The number of amides is 2. The molecule has 2 amide bonds. The second-order valence-electron chi connectivity index (χ2n) is 4.36. The minimum atomic E-state index is -0.381. The van der Waals surface area contributed by atoms with E-state index in [-0.39, 0.29) is 17.4 Å². The van der Waals surface area contributed by atoms with Crippen LogP contribution in [0.1, 0.15) is 5.76 Å². The molecule has 3 rings (SSSR count). The highest BCUT2D eigenvalue weighted by Gasteiger charge is 2.41. The molecule has 1 aliphatic rings. The number of hydrazine groups is 1. The minimum absolute atomic E-state index is 0.0646. The zero-order valence-corrected chi connectivity index (χ0v) is 16.7. The smallest absolute Gasteiger partial charge is 0.287 e. The van der Waals surface area contributed by atoms with Crippen LogP contribution in [-0.2, 0) is 9.59 Å². The van der Waals surface area contributed by atoms with Gasteiger partial charge in [-0.3, -0.25) is 9.59 Å². The maximum atomic E-state index is 12.6. The Bertz CT molecular complexity index is 786. The average Bonchev–Trinajstić information content (AvgIpc) is 2.98. The van der Waals surface area contributed by atoms with Crippen LogP contribution in [-0.4, -0.2) is 15.0 Å². The summed E-state index contributed by atoms with van der Waals surface area (Å²) in [5, 5.41) is 1.34. The van der Waals surface area contributed by atoms with E-state index >= 15 is 0 Å². The number of hydrogen-bond acceptors (Lipinski definition) is 3. The fourth-order valence-electron chi connectivity index (χ4n) is 1.95. The monoisotopic (exact) mass is 584 g/mol. The van der Waals surface area contributed by atoms with Crippen molar-refractivity contribution in [1.82, 2.24) is 3.22 Å². The molecule has 0 aliphatic carbocycles. The fraction of sp³-hybridized carbons (Fsp3) is 0. The molecule has 2 heterocycles. The quantitative estimate of drug-likeness (QED) is 0.231. The third-order valence-corrected chi connectivity index (χ3v) is 4.96. The Morgan fingerprint density at radius 1 is 1.05 bits per heavy atom. The SMILES string of the molecule is O=C1C(=Cc2ccc(Br)o2)C(=O)N(c2ccc(I)cc2)N1I. The molecular formula is C14H7BrI2N2O3. The van der Waals surface area contributed by atoms with Gasteiger partial charge in [-0.1, -0.05) is 0 Å². The molecule has 1 fully saturated rings. The van der Waals surface area contributed by atoms with E-state index in [0.29, 0.717) is 16.1 Å². The molecule has 112 valence electrons. The summed E-state index contributed by atoms with van der Waals surface area (Å²) < 4.78 is 8.19. The van der Waals surface area contributed by atoms with Gasteiger partial charge in [-0.2, -0.15) is 3.22 Å². The van der Waals surface area contributed by atoms with Crippen LogP contribution in [0, 0.1) is 3.57 Å². The van der Waals surface area contributed by atoms with Crippen LogP contribution in [0.4, 0.5) is 5.69 Å². The highest BCUT2D eigenvalue weighted by Crippen LogP contribution is 2.31. The van der Waals surface area contributed by atoms with Gasteiger partial charge in [0.25, 0.3) is 11.8 Å². The number of hydrogen-bond donors (Lipinski definition) is 0.